The van der Waals surface area contributed by atoms with Crippen molar-refractivity contribution in [2.75, 3.05) is 13.6 Å². The van der Waals surface area contributed by atoms with Gasteiger partial charge in [-0.15, -0.1) is 11.6 Å². The Morgan fingerprint density at radius 3 is 2.93 bits per heavy atom. The largest absolute Gasteiger partial charge is 0.300 e. The van der Waals surface area contributed by atoms with Crippen LogP contribution in [0.25, 0.3) is 0 Å². The Morgan fingerprint density at radius 2 is 2.33 bits per heavy atom. The highest BCUT2D eigenvalue weighted by Crippen LogP contribution is 2.13. The number of halogens is 2. The lowest BCUT2D eigenvalue weighted by molar-refractivity contribution is 0.337. The molecule has 1 aromatic carbocycles. The van der Waals surface area contributed by atoms with Gasteiger partial charge in [0.05, 0.1) is 6.07 Å². The van der Waals surface area contributed by atoms with Crippen LogP contribution in [0.3, 0.4) is 0 Å². The van der Waals surface area contributed by atoms with Crippen molar-refractivity contribution in [1.82, 2.24) is 4.90 Å². The van der Waals surface area contributed by atoms with E-state index < -0.39 is 5.38 Å². The molecule has 0 saturated heterocycles. The van der Waals surface area contributed by atoms with Crippen LogP contribution in [-0.4, -0.2) is 23.9 Å². The lowest BCUT2D eigenvalue weighted by Gasteiger charge is -2.16. The monoisotopic (exact) mass is 286 g/mol. The molecule has 1 rings (SSSR count). The molecule has 1 atom stereocenters. The molecule has 0 spiro atoms. The molecule has 0 amide bonds. The smallest absolute Gasteiger partial charge is 0.133 e. The third-order valence-electron chi connectivity index (χ3n) is 1.95. The predicted molar refractivity (Wildman–Crippen MR) is 65.7 cm³/mol. The predicted octanol–water partition coefficient (Wildman–Crippen LogP) is 3.01. The van der Waals surface area contributed by atoms with Gasteiger partial charge in [-0.2, -0.15) is 5.26 Å². The van der Waals surface area contributed by atoms with Crippen LogP contribution in [0, 0.1) is 11.3 Å². The Bertz CT molecular complexity index is 362. The van der Waals surface area contributed by atoms with E-state index in [0.29, 0.717) is 6.54 Å². The molecule has 0 aliphatic carbocycles. The Morgan fingerprint density at radius 1 is 1.60 bits per heavy atom. The van der Waals surface area contributed by atoms with Gasteiger partial charge in [0.15, 0.2) is 0 Å². The number of hydrogen-bond acceptors (Lipinski definition) is 2. The van der Waals surface area contributed by atoms with Crippen LogP contribution >= 0.6 is 27.5 Å². The summed E-state index contributed by atoms with van der Waals surface area (Å²) in [7, 11) is 1.95. The third kappa shape index (κ3) is 4.65. The maximum atomic E-state index is 8.58. The highest BCUT2D eigenvalue weighted by molar-refractivity contribution is 9.10. The van der Waals surface area contributed by atoms with Gasteiger partial charge in [0.1, 0.15) is 5.38 Å². The minimum absolute atomic E-state index is 0.442. The molecule has 0 N–H and O–H groups in total. The van der Waals surface area contributed by atoms with Crippen LogP contribution in [-0.2, 0) is 6.54 Å². The van der Waals surface area contributed by atoms with Crippen LogP contribution in [0.1, 0.15) is 5.56 Å². The van der Waals surface area contributed by atoms with Crippen LogP contribution in [0.5, 0.6) is 0 Å². The molecule has 0 aliphatic heterocycles. The molecule has 80 valence electrons. The summed E-state index contributed by atoms with van der Waals surface area (Å²) in [5.41, 5.74) is 1.20. The quantitative estimate of drug-likeness (QED) is 0.796. The van der Waals surface area contributed by atoms with E-state index in [0.717, 1.165) is 11.0 Å². The van der Waals surface area contributed by atoms with E-state index in [1.54, 1.807) is 0 Å². The SMILES string of the molecule is CN(Cc1cccc(Br)c1)CC(Cl)C#N. The van der Waals surface area contributed by atoms with Crippen molar-refractivity contribution in [2.45, 2.75) is 11.9 Å². The summed E-state index contributed by atoms with van der Waals surface area (Å²) in [6.07, 6.45) is 0. The normalized spacial score (nSPS) is 12.5. The number of rotatable bonds is 4. The minimum atomic E-state index is -0.442. The van der Waals surface area contributed by atoms with Crippen molar-refractivity contribution in [3.8, 4) is 6.07 Å². The van der Waals surface area contributed by atoms with Gasteiger partial charge in [-0.1, -0.05) is 28.1 Å². The first-order valence-corrected chi connectivity index (χ1v) is 5.81. The van der Waals surface area contributed by atoms with E-state index in [1.165, 1.54) is 5.56 Å². The van der Waals surface area contributed by atoms with Crippen LogP contribution in [0.2, 0.25) is 0 Å². The van der Waals surface area contributed by atoms with Crippen molar-refractivity contribution in [1.29, 1.82) is 5.26 Å². The van der Waals surface area contributed by atoms with Gasteiger partial charge in [-0.25, -0.2) is 0 Å². The Labute approximate surface area is 104 Å². The maximum absolute atomic E-state index is 8.58. The molecule has 15 heavy (non-hydrogen) atoms. The van der Waals surface area contributed by atoms with Crippen molar-refractivity contribution in [3.63, 3.8) is 0 Å². The van der Waals surface area contributed by atoms with Crippen LogP contribution < -0.4 is 0 Å². The summed E-state index contributed by atoms with van der Waals surface area (Å²) < 4.78 is 1.07. The first-order valence-electron chi connectivity index (χ1n) is 4.58. The van der Waals surface area contributed by atoms with Gasteiger partial charge in [-0.3, -0.25) is 4.90 Å². The fraction of sp³-hybridized carbons (Fsp3) is 0.364. The van der Waals surface area contributed by atoms with Gasteiger partial charge >= 0.3 is 0 Å². The Balaban J connectivity index is 2.52. The molecule has 1 aromatic rings. The van der Waals surface area contributed by atoms with Gasteiger partial charge in [0.2, 0.25) is 0 Å². The average molecular weight is 288 g/mol. The molecule has 2 nitrogen and oxygen atoms in total. The molecule has 1 unspecified atom stereocenters. The lowest BCUT2D eigenvalue weighted by atomic mass is 10.2. The number of hydrogen-bond donors (Lipinski definition) is 0. The summed E-state index contributed by atoms with van der Waals surface area (Å²) in [6.45, 7) is 1.37. The van der Waals surface area contributed by atoms with Crippen LogP contribution in [0.15, 0.2) is 28.7 Å². The van der Waals surface area contributed by atoms with E-state index in [-0.39, 0.29) is 0 Å². The molecule has 4 heteroatoms. The molecule has 0 saturated carbocycles. The molecule has 0 heterocycles. The Hall–Kier alpha value is -0.560. The minimum Gasteiger partial charge on any atom is -0.300 e. The number of nitrogens with zero attached hydrogens (tertiary/aromatic N) is 2. The zero-order chi connectivity index (χ0) is 11.3. The van der Waals surface area contributed by atoms with Crippen molar-refractivity contribution in [2.24, 2.45) is 0 Å². The maximum Gasteiger partial charge on any atom is 0.133 e. The van der Waals surface area contributed by atoms with Crippen molar-refractivity contribution >= 4 is 27.5 Å². The summed E-state index contributed by atoms with van der Waals surface area (Å²) in [5, 5.41) is 8.14. The Kier molecular flexibility index (Phi) is 5.10. The van der Waals surface area contributed by atoms with E-state index in [9.17, 15) is 0 Å². The van der Waals surface area contributed by atoms with Crippen molar-refractivity contribution < 1.29 is 0 Å². The fourth-order valence-electron chi connectivity index (χ4n) is 1.33. The first-order chi connectivity index (χ1) is 7.11. The summed E-state index contributed by atoms with van der Waals surface area (Å²) in [4.78, 5) is 2.03. The third-order valence-corrected chi connectivity index (χ3v) is 2.68. The highest BCUT2D eigenvalue weighted by Gasteiger charge is 2.07. The number of nitriles is 1. The highest BCUT2D eigenvalue weighted by atomic mass is 79.9. The lowest BCUT2D eigenvalue weighted by Crippen LogP contribution is -2.24. The topological polar surface area (TPSA) is 27.0 Å². The molecule has 0 bridgehead atoms. The van der Waals surface area contributed by atoms with Gasteiger partial charge in [0.25, 0.3) is 0 Å². The summed E-state index contributed by atoms with van der Waals surface area (Å²) in [5.74, 6) is 0. The van der Waals surface area contributed by atoms with Crippen LogP contribution in [0.4, 0.5) is 0 Å². The molecular formula is C11H12BrClN2. The zero-order valence-corrected chi connectivity index (χ0v) is 10.8. The molecule has 0 fully saturated rings. The second-order valence-electron chi connectivity index (χ2n) is 3.42. The first kappa shape index (κ1) is 12.5. The zero-order valence-electron chi connectivity index (χ0n) is 8.45. The average Bonchev–Trinajstić information content (AvgIpc) is 2.17. The number of alkyl halides is 1. The van der Waals surface area contributed by atoms with Gasteiger partial charge < -0.3 is 0 Å². The van der Waals surface area contributed by atoms with E-state index in [4.69, 9.17) is 16.9 Å². The number of benzene rings is 1. The van der Waals surface area contributed by atoms with E-state index >= 15 is 0 Å². The fourth-order valence-corrected chi connectivity index (χ4v) is 2.01. The van der Waals surface area contributed by atoms with Gasteiger partial charge in [0, 0.05) is 17.6 Å². The summed E-state index contributed by atoms with van der Waals surface area (Å²) >= 11 is 9.17. The van der Waals surface area contributed by atoms with Gasteiger partial charge in [-0.05, 0) is 24.7 Å². The van der Waals surface area contributed by atoms with E-state index in [1.807, 2.05) is 30.1 Å². The molecule has 0 aliphatic rings. The second-order valence-corrected chi connectivity index (χ2v) is 4.87. The summed E-state index contributed by atoms with van der Waals surface area (Å²) in [6, 6.07) is 10.1. The molecule has 0 aromatic heterocycles. The second kappa shape index (κ2) is 6.12. The molecule has 0 radical (unpaired) electrons. The van der Waals surface area contributed by atoms with Crippen molar-refractivity contribution in [3.05, 3.63) is 34.3 Å². The van der Waals surface area contributed by atoms with E-state index in [2.05, 4.69) is 28.1 Å². The molecular weight excluding hydrogens is 275 g/mol. The standard InChI is InChI=1S/C11H12BrClN2/c1-15(8-11(13)6-14)7-9-3-2-4-10(12)5-9/h2-5,11H,7-8H2,1H3.